The monoisotopic (exact) mass is 607 g/mol. The summed E-state index contributed by atoms with van der Waals surface area (Å²) >= 11 is -0.826. The van der Waals surface area contributed by atoms with Crippen molar-refractivity contribution < 1.29 is 26.0 Å². The SMILES string of the molecule is CCC(CC)N=Cc1cc(-c2ccccc2)cc(C(C)(c2ccccc2)c2ccccc2)c1O.[Cl][Zr][Cl]. The summed E-state index contributed by atoms with van der Waals surface area (Å²) in [5.74, 6) is 0.282. The summed E-state index contributed by atoms with van der Waals surface area (Å²) in [5, 5.41) is 11.7. The molecular weight excluding hydrogens is 576 g/mol. The quantitative estimate of drug-likeness (QED) is 0.157. The first-order valence-electron chi connectivity index (χ1n) is 12.5. The van der Waals surface area contributed by atoms with Gasteiger partial charge in [0.1, 0.15) is 5.75 Å². The molecule has 0 amide bonds. The predicted molar refractivity (Wildman–Crippen MR) is 156 cm³/mol. The van der Waals surface area contributed by atoms with Crippen LogP contribution < -0.4 is 0 Å². The molecule has 2 nitrogen and oxygen atoms in total. The van der Waals surface area contributed by atoms with E-state index in [1.807, 2.05) is 36.5 Å². The van der Waals surface area contributed by atoms with Crippen LogP contribution in [0.15, 0.2) is 108 Å². The molecule has 0 aliphatic rings. The zero-order chi connectivity index (χ0) is 26.7. The van der Waals surface area contributed by atoms with Crippen LogP contribution in [0.4, 0.5) is 0 Å². The van der Waals surface area contributed by atoms with Crippen molar-refractivity contribution in [3.05, 3.63) is 125 Å². The Morgan fingerprint density at radius 1 is 0.784 bits per heavy atom. The standard InChI is InChI=1S/C32H33NO.2ClH.Zr/c1-4-29(5-2)33-23-26-21-25(24-15-9-6-10-16-24)22-30(31(26)34)32(3,27-17-11-7-12-18-27)28-19-13-8-14-20-28;;;/h6-23,29,34H,4-5H2,1-3H3;2*1H;/q;;;+2/p-2. The van der Waals surface area contributed by atoms with Crippen LogP contribution in [0.5, 0.6) is 5.75 Å². The number of aromatic hydroxyl groups is 1. The number of nitrogens with zero attached hydrogens (tertiary/aromatic N) is 1. The van der Waals surface area contributed by atoms with E-state index in [0.29, 0.717) is 0 Å². The Morgan fingerprint density at radius 2 is 1.24 bits per heavy atom. The molecule has 0 heterocycles. The summed E-state index contributed by atoms with van der Waals surface area (Å²) in [4.78, 5) is 4.81. The third kappa shape index (κ3) is 7.23. The number of phenolic OH excluding ortho intramolecular Hbond substituents is 1. The fourth-order valence-corrected chi connectivity index (χ4v) is 4.64. The molecule has 0 unspecified atom stereocenters. The molecule has 4 rings (SSSR count). The van der Waals surface area contributed by atoms with Gasteiger partial charge in [-0.1, -0.05) is 105 Å². The van der Waals surface area contributed by atoms with Gasteiger partial charge in [0.25, 0.3) is 0 Å². The van der Waals surface area contributed by atoms with Crippen LogP contribution in [0, 0.1) is 0 Å². The number of aliphatic imine (C=N–C) groups is 1. The van der Waals surface area contributed by atoms with Crippen LogP contribution in [0.25, 0.3) is 11.1 Å². The summed E-state index contributed by atoms with van der Waals surface area (Å²) in [6, 6.07) is 35.6. The topological polar surface area (TPSA) is 32.6 Å². The van der Waals surface area contributed by atoms with Crippen molar-refractivity contribution in [3.63, 3.8) is 0 Å². The van der Waals surface area contributed by atoms with Crippen LogP contribution in [0.3, 0.4) is 0 Å². The van der Waals surface area contributed by atoms with Crippen LogP contribution >= 0.6 is 17.0 Å². The Kier molecular flexibility index (Phi) is 11.6. The predicted octanol–water partition coefficient (Wildman–Crippen LogP) is 9.40. The molecule has 0 saturated carbocycles. The fraction of sp³-hybridized carbons (Fsp3) is 0.219. The summed E-state index contributed by atoms with van der Waals surface area (Å²) in [6.45, 7) is 6.50. The number of hydrogen-bond acceptors (Lipinski definition) is 2. The molecule has 1 N–H and O–H groups in total. The number of halogens is 2. The van der Waals surface area contributed by atoms with Crippen molar-refractivity contribution in [2.24, 2.45) is 4.99 Å². The van der Waals surface area contributed by atoms with E-state index in [-0.39, 0.29) is 11.8 Å². The molecule has 0 bridgehead atoms. The molecule has 4 aromatic rings. The Bertz CT molecular complexity index is 1220. The number of hydrogen-bond donors (Lipinski definition) is 1. The van der Waals surface area contributed by atoms with Gasteiger partial charge in [-0.15, -0.1) is 0 Å². The van der Waals surface area contributed by atoms with Gasteiger partial charge in [-0.25, -0.2) is 0 Å². The molecule has 37 heavy (non-hydrogen) atoms. The number of phenols is 1. The van der Waals surface area contributed by atoms with Crippen molar-refractivity contribution in [1.29, 1.82) is 0 Å². The average Bonchev–Trinajstić information content (AvgIpc) is 2.96. The second-order valence-electron chi connectivity index (χ2n) is 9.00. The summed E-state index contributed by atoms with van der Waals surface area (Å²) < 4.78 is 0. The Hall–Kier alpha value is -2.19. The van der Waals surface area contributed by atoms with Gasteiger partial charge >= 0.3 is 37.9 Å². The summed E-state index contributed by atoms with van der Waals surface area (Å²) in [6.07, 6.45) is 3.81. The zero-order valence-electron chi connectivity index (χ0n) is 21.5. The molecule has 0 radical (unpaired) electrons. The van der Waals surface area contributed by atoms with Crippen molar-refractivity contribution >= 4 is 23.2 Å². The van der Waals surface area contributed by atoms with E-state index in [0.717, 1.165) is 46.2 Å². The number of rotatable bonds is 8. The third-order valence-corrected chi connectivity index (χ3v) is 6.85. The molecule has 0 fully saturated rings. The Morgan fingerprint density at radius 3 is 1.70 bits per heavy atom. The van der Waals surface area contributed by atoms with E-state index >= 15 is 0 Å². The van der Waals surface area contributed by atoms with E-state index in [1.165, 1.54) is 0 Å². The fourth-order valence-electron chi connectivity index (χ4n) is 4.64. The molecule has 0 atom stereocenters. The second kappa shape index (κ2) is 14.7. The van der Waals surface area contributed by atoms with Crippen molar-refractivity contribution in [2.75, 3.05) is 0 Å². The maximum atomic E-state index is 11.7. The molecule has 190 valence electrons. The normalized spacial score (nSPS) is 11.3. The van der Waals surface area contributed by atoms with Crippen LogP contribution in [0.2, 0.25) is 0 Å². The van der Waals surface area contributed by atoms with E-state index in [4.69, 9.17) is 22.0 Å². The van der Waals surface area contributed by atoms with E-state index < -0.39 is 26.3 Å². The van der Waals surface area contributed by atoms with Crippen molar-refractivity contribution in [1.82, 2.24) is 0 Å². The first kappa shape index (κ1) is 29.4. The minimum atomic E-state index is -0.826. The van der Waals surface area contributed by atoms with Gasteiger partial charge in [0.2, 0.25) is 0 Å². The minimum absolute atomic E-state index is 0.248. The molecular formula is C32H33Cl2NOZr. The van der Waals surface area contributed by atoms with Gasteiger partial charge in [-0.05, 0) is 54.2 Å². The van der Waals surface area contributed by atoms with Gasteiger partial charge in [-0.3, -0.25) is 4.99 Å². The molecule has 0 saturated heterocycles. The van der Waals surface area contributed by atoms with Gasteiger partial charge in [-0.2, -0.15) is 0 Å². The summed E-state index contributed by atoms with van der Waals surface area (Å²) in [7, 11) is 9.87. The zero-order valence-corrected chi connectivity index (χ0v) is 25.5. The molecule has 0 aliphatic carbocycles. The second-order valence-corrected chi connectivity index (χ2v) is 12.7. The van der Waals surface area contributed by atoms with E-state index in [9.17, 15) is 5.11 Å². The number of benzene rings is 4. The Labute approximate surface area is 240 Å². The average molecular weight is 610 g/mol. The van der Waals surface area contributed by atoms with Gasteiger partial charge in [0.15, 0.2) is 0 Å². The van der Waals surface area contributed by atoms with Gasteiger partial charge < -0.3 is 5.11 Å². The summed E-state index contributed by atoms with van der Waals surface area (Å²) in [5.41, 5.74) is 5.52. The Balaban J connectivity index is 0.00000121. The van der Waals surface area contributed by atoms with Crippen LogP contribution in [-0.4, -0.2) is 17.4 Å². The first-order chi connectivity index (χ1) is 18.0. The van der Waals surface area contributed by atoms with Gasteiger partial charge in [0.05, 0.1) is 0 Å². The maximum absolute atomic E-state index is 11.7. The van der Waals surface area contributed by atoms with Crippen molar-refractivity contribution in [3.8, 4) is 16.9 Å². The molecule has 4 aromatic carbocycles. The first-order valence-corrected chi connectivity index (χ1v) is 18.9. The van der Waals surface area contributed by atoms with Crippen LogP contribution in [0.1, 0.15) is 55.9 Å². The van der Waals surface area contributed by atoms with E-state index in [1.54, 1.807) is 0 Å². The third-order valence-electron chi connectivity index (χ3n) is 6.85. The molecule has 0 spiro atoms. The molecule has 0 aliphatic heterocycles. The van der Waals surface area contributed by atoms with Crippen molar-refractivity contribution in [2.45, 2.75) is 45.1 Å². The molecule has 5 heteroatoms. The van der Waals surface area contributed by atoms with Gasteiger partial charge in [0, 0.05) is 28.8 Å². The van der Waals surface area contributed by atoms with E-state index in [2.05, 4.69) is 93.6 Å². The molecule has 0 aromatic heterocycles. The van der Waals surface area contributed by atoms with Crippen LogP contribution in [-0.2, 0) is 26.3 Å².